The maximum atomic E-state index is 11.3. The zero-order valence-electron chi connectivity index (χ0n) is 8.02. The van der Waals surface area contributed by atoms with E-state index in [1.807, 2.05) is 0 Å². The molecule has 0 radical (unpaired) electrons. The van der Waals surface area contributed by atoms with Crippen LogP contribution in [0.3, 0.4) is 0 Å². The first-order valence-electron chi connectivity index (χ1n) is 4.50. The van der Waals surface area contributed by atoms with Gasteiger partial charge in [-0.1, -0.05) is 0 Å². The van der Waals surface area contributed by atoms with Gasteiger partial charge in [-0.3, -0.25) is 0 Å². The summed E-state index contributed by atoms with van der Waals surface area (Å²) in [5.41, 5.74) is 0.209. The van der Waals surface area contributed by atoms with Crippen LogP contribution in [0.2, 0.25) is 0 Å². The lowest BCUT2D eigenvalue weighted by Crippen LogP contribution is -2.08. The van der Waals surface area contributed by atoms with Crippen LogP contribution in [0.15, 0.2) is 10.8 Å². The highest BCUT2D eigenvalue weighted by Crippen LogP contribution is 2.10. The van der Waals surface area contributed by atoms with Gasteiger partial charge in [0.05, 0.1) is 6.61 Å². The van der Waals surface area contributed by atoms with Crippen molar-refractivity contribution in [2.45, 2.75) is 19.8 Å². The summed E-state index contributed by atoms with van der Waals surface area (Å²) in [5, 5.41) is 8.62. The first-order chi connectivity index (χ1) is 6.79. The highest BCUT2D eigenvalue weighted by molar-refractivity contribution is 5.88. The largest absolute Gasteiger partial charge is 0.461 e. The minimum absolute atomic E-state index is 0.0585. The van der Waals surface area contributed by atoms with Gasteiger partial charge in [0.1, 0.15) is 5.76 Å². The Kier molecular flexibility index (Phi) is 4.12. The van der Waals surface area contributed by atoms with Gasteiger partial charge in [-0.25, -0.2) is 9.78 Å². The molecular weight excluding hydrogens is 186 g/mol. The Hall–Kier alpha value is -1.36. The molecule has 1 rings (SSSR count). The number of ether oxygens (including phenoxy) is 1. The van der Waals surface area contributed by atoms with Gasteiger partial charge in [0, 0.05) is 13.0 Å². The molecule has 1 aromatic heterocycles. The van der Waals surface area contributed by atoms with Gasteiger partial charge in [0.15, 0.2) is 12.1 Å². The van der Waals surface area contributed by atoms with Crippen LogP contribution in [0.5, 0.6) is 0 Å². The van der Waals surface area contributed by atoms with Crippen molar-refractivity contribution in [1.29, 1.82) is 0 Å². The normalized spacial score (nSPS) is 10.1. The molecule has 0 bridgehead atoms. The summed E-state index contributed by atoms with van der Waals surface area (Å²) in [6, 6.07) is 0. The van der Waals surface area contributed by atoms with Crippen molar-refractivity contribution < 1.29 is 19.1 Å². The monoisotopic (exact) mass is 199 g/mol. The second-order valence-electron chi connectivity index (χ2n) is 2.67. The molecule has 0 spiro atoms. The minimum Gasteiger partial charge on any atom is -0.461 e. The number of carbonyl (C=O) groups is 1. The summed E-state index contributed by atoms with van der Waals surface area (Å²) in [6.45, 7) is 2.10. The highest BCUT2D eigenvalue weighted by Gasteiger charge is 2.16. The molecule has 5 heteroatoms. The lowest BCUT2D eigenvalue weighted by atomic mass is 10.2. The van der Waals surface area contributed by atoms with E-state index in [0.717, 1.165) is 0 Å². The Labute approximate surface area is 81.7 Å². The molecule has 5 nitrogen and oxygen atoms in total. The first kappa shape index (κ1) is 10.7. The summed E-state index contributed by atoms with van der Waals surface area (Å²) >= 11 is 0. The van der Waals surface area contributed by atoms with Gasteiger partial charge >= 0.3 is 5.97 Å². The molecule has 0 atom stereocenters. The number of esters is 1. The molecule has 0 unspecified atom stereocenters. The van der Waals surface area contributed by atoms with E-state index < -0.39 is 5.97 Å². The average Bonchev–Trinajstić information content (AvgIpc) is 2.63. The summed E-state index contributed by atoms with van der Waals surface area (Å²) in [5.74, 6) is -0.00769. The van der Waals surface area contributed by atoms with Gasteiger partial charge in [-0.15, -0.1) is 0 Å². The molecule has 0 aliphatic carbocycles. The molecule has 1 N–H and O–H groups in total. The molecule has 14 heavy (non-hydrogen) atoms. The van der Waals surface area contributed by atoms with Gasteiger partial charge in [0.2, 0.25) is 0 Å². The number of hydrogen-bond acceptors (Lipinski definition) is 5. The average molecular weight is 199 g/mol. The molecule has 1 heterocycles. The van der Waals surface area contributed by atoms with Crippen molar-refractivity contribution in [2.24, 2.45) is 0 Å². The summed E-state index contributed by atoms with van der Waals surface area (Å²) in [4.78, 5) is 15.0. The summed E-state index contributed by atoms with van der Waals surface area (Å²) < 4.78 is 9.79. The van der Waals surface area contributed by atoms with Crippen LogP contribution in [-0.2, 0) is 11.2 Å². The van der Waals surface area contributed by atoms with Crippen LogP contribution >= 0.6 is 0 Å². The van der Waals surface area contributed by atoms with Crippen LogP contribution in [0.1, 0.15) is 29.6 Å². The van der Waals surface area contributed by atoms with E-state index in [-0.39, 0.29) is 12.3 Å². The Morgan fingerprint density at radius 3 is 3.14 bits per heavy atom. The van der Waals surface area contributed by atoms with Crippen molar-refractivity contribution in [3.63, 3.8) is 0 Å². The molecule has 0 aliphatic heterocycles. The fourth-order valence-electron chi connectivity index (χ4n) is 1.05. The molecule has 0 aromatic carbocycles. The zero-order valence-corrected chi connectivity index (χ0v) is 8.02. The Bertz CT molecular complexity index is 295. The molecule has 0 fully saturated rings. The minimum atomic E-state index is -0.478. The molecular formula is C9H13NO4. The lowest BCUT2D eigenvalue weighted by molar-refractivity contribution is 0.0517. The van der Waals surface area contributed by atoms with E-state index in [9.17, 15) is 4.79 Å². The first-order valence-corrected chi connectivity index (χ1v) is 4.50. The standard InChI is InChI=1S/C9H13NO4/c1-2-13-9(12)8-7(4-3-5-11)14-6-10-8/h6,11H,2-5H2,1H3. The number of aromatic nitrogens is 1. The smallest absolute Gasteiger partial charge is 0.360 e. The Balaban J connectivity index is 2.66. The van der Waals surface area contributed by atoms with Crippen molar-refractivity contribution in [1.82, 2.24) is 4.98 Å². The number of hydrogen-bond donors (Lipinski definition) is 1. The number of carbonyl (C=O) groups excluding carboxylic acids is 1. The van der Waals surface area contributed by atoms with Gasteiger partial charge < -0.3 is 14.3 Å². The maximum absolute atomic E-state index is 11.3. The number of oxazole rings is 1. The van der Waals surface area contributed by atoms with E-state index in [1.54, 1.807) is 6.92 Å². The third-order valence-corrected chi connectivity index (χ3v) is 1.67. The highest BCUT2D eigenvalue weighted by atomic mass is 16.5. The second-order valence-corrected chi connectivity index (χ2v) is 2.67. The topological polar surface area (TPSA) is 72.6 Å². The summed E-state index contributed by atoms with van der Waals surface area (Å²) in [6.07, 6.45) is 2.24. The molecule has 78 valence electrons. The fourth-order valence-corrected chi connectivity index (χ4v) is 1.05. The third-order valence-electron chi connectivity index (χ3n) is 1.67. The van der Waals surface area contributed by atoms with Crippen molar-refractivity contribution in [3.8, 4) is 0 Å². The molecule has 0 saturated carbocycles. The fraction of sp³-hybridized carbons (Fsp3) is 0.556. The van der Waals surface area contributed by atoms with E-state index >= 15 is 0 Å². The van der Waals surface area contributed by atoms with E-state index in [1.165, 1.54) is 6.39 Å². The summed E-state index contributed by atoms with van der Waals surface area (Å²) in [7, 11) is 0. The Morgan fingerprint density at radius 1 is 1.71 bits per heavy atom. The van der Waals surface area contributed by atoms with E-state index in [0.29, 0.717) is 25.2 Å². The van der Waals surface area contributed by atoms with Crippen molar-refractivity contribution in [3.05, 3.63) is 17.8 Å². The number of rotatable bonds is 5. The van der Waals surface area contributed by atoms with Crippen LogP contribution in [-0.4, -0.2) is 29.3 Å². The molecule has 0 amide bonds. The zero-order chi connectivity index (χ0) is 10.4. The van der Waals surface area contributed by atoms with Crippen LogP contribution < -0.4 is 0 Å². The van der Waals surface area contributed by atoms with Gasteiger partial charge in [0.25, 0.3) is 0 Å². The van der Waals surface area contributed by atoms with Gasteiger partial charge in [-0.2, -0.15) is 0 Å². The maximum Gasteiger partial charge on any atom is 0.360 e. The number of aliphatic hydroxyl groups excluding tert-OH is 1. The molecule has 1 aromatic rings. The van der Waals surface area contributed by atoms with E-state index in [4.69, 9.17) is 14.3 Å². The number of aryl methyl sites for hydroxylation is 1. The SMILES string of the molecule is CCOC(=O)c1ncoc1CCCO. The van der Waals surface area contributed by atoms with E-state index in [2.05, 4.69) is 4.98 Å². The van der Waals surface area contributed by atoms with Crippen LogP contribution in [0, 0.1) is 0 Å². The van der Waals surface area contributed by atoms with Crippen LogP contribution in [0.4, 0.5) is 0 Å². The van der Waals surface area contributed by atoms with Crippen molar-refractivity contribution >= 4 is 5.97 Å². The third kappa shape index (κ3) is 2.56. The van der Waals surface area contributed by atoms with Crippen LogP contribution in [0.25, 0.3) is 0 Å². The predicted octanol–water partition coefficient (Wildman–Crippen LogP) is 0.776. The number of aliphatic hydroxyl groups is 1. The van der Waals surface area contributed by atoms with Gasteiger partial charge in [-0.05, 0) is 13.3 Å². The quantitative estimate of drug-likeness (QED) is 0.709. The molecule has 0 aliphatic rings. The Morgan fingerprint density at radius 2 is 2.50 bits per heavy atom. The second kappa shape index (κ2) is 5.39. The predicted molar refractivity (Wildman–Crippen MR) is 47.9 cm³/mol. The number of nitrogens with zero attached hydrogens (tertiary/aromatic N) is 1. The lowest BCUT2D eigenvalue weighted by Gasteiger charge is -1.99. The van der Waals surface area contributed by atoms with Crippen molar-refractivity contribution in [2.75, 3.05) is 13.2 Å². The molecule has 0 saturated heterocycles.